The van der Waals surface area contributed by atoms with Gasteiger partial charge in [-0.2, -0.15) is 0 Å². The number of amides is 1. The number of aromatic nitrogens is 1. The molecule has 0 aliphatic carbocycles. The molecule has 0 unspecified atom stereocenters. The smallest absolute Gasteiger partial charge is 0.355 e. The van der Waals surface area contributed by atoms with Gasteiger partial charge in [0.15, 0.2) is 0 Å². The summed E-state index contributed by atoms with van der Waals surface area (Å²) < 4.78 is 12.4. The SMILES string of the molecule is CCOC(=O)c1c(C)c(C(=O)Nc2ccc(OCC)cc2)c(C)n1CC. The first-order valence-corrected chi connectivity index (χ1v) is 8.85. The van der Waals surface area contributed by atoms with Gasteiger partial charge in [-0.25, -0.2) is 4.79 Å². The molecule has 1 heterocycles. The van der Waals surface area contributed by atoms with E-state index in [1.54, 1.807) is 38.1 Å². The van der Waals surface area contributed by atoms with E-state index >= 15 is 0 Å². The fraction of sp³-hybridized carbons (Fsp3) is 0.400. The molecule has 1 N–H and O–H groups in total. The molecule has 0 radical (unpaired) electrons. The number of nitrogens with zero attached hydrogens (tertiary/aromatic N) is 1. The Morgan fingerprint density at radius 1 is 1.04 bits per heavy atom. The van der Waals surface area contributed by atoms with Gasteiger partial charge in [-0.1, -0.05) is 0 Å². The summed E-state index contributed by atoms with van der Waals surface area (Å²) in [6.07, 6.45) is 0. The minimum Gasteiger partial charge on any atom is -0.494 e. The molecule has 0 fully saturated rings. The highest BCUT2D eigenvalue weighted by molar-refractivity contribution is 6.08. The van der Waals surface area contributed by atoms with Crippen LogP contribution in [0.5, 0.6) is 5.75 Å². The lowest BCUT2D eigenvalue weighted by atomic mass is 10.1. The van der Waals surface area contributed by atoms with Crippen LogP contribution >= 0.6 is 0 Å². The standard InChI is InChI=1S/C20H26N2O4/c1-6-22-14(5)17(13(4)18(22)20(24)26-8-3)19(23)21-15-9-11-16(12-10-15)25-7-2/h9-12H,6-8H2,1-5H3,(H,21,23). The van der Waals surface area contributed by atoms with E-state index in [1.807, 2.05) is 25.3 Å². The molecule has 2 rings (SSSR count). The molecule has 0 aliphatic heterocycles. The summed E-state index contributed by atoms with van der Waals surface area (Å²) in [5.41, 5.74) is 2.98. The largest absolute Gasteiger partial charge is 0.494 e. The van der Waals surface area contributed by atoms with Crippen molar-refractivity contribution in [2.75, 3.05) is 18.5 Å². The monoisotopic (exact) mass is 358 g/mol. The van der Waals surface area contributed by atoms with E-state index in [2.05, 4.69) is 5.32 Å². The van der Waals surface area contributed by atoms with E-state index in [9.17, 15) is 9.59 Å². The molecule has 1 amide bonds. The van der Waals surface area contributed by atoms with E-state index in [4.69, 9.17) is 9.47 Å². The summed E-state index contributed by atoms with van der Waals surface area (Å²) in [5, 5.41) is 2.88. The fourth-order valence-corrected chi connectivity index (χ4v) is 3.08. The van der Waals surface area contributed by atoms with Crippen molar-refractivity contribution < 1.29 is 19.1 Å². The van der Waals surface area contributed by atoms with Gasteiger partial charge in [0.05, 0.1) is 18.8 Å². The van der Waals surface area contributed by atoms with Gasteiger partial charge in [0.2, 0.25) is 0 Å². The quantitative estimate of drug-likeness (QED) is 0.761. The molecule has 6 heteroatoms. The Morgan fingerprint density at radius 2 is 1.69 bits per heavy atom. The lowest BCUT2D eigenvalue weighted by Gasteiger charge is -2.09. The van der Waals surface area contributed by atoms with Crippen LogP contribution in [0.15, 0.2) is 24.3 Å². The molecule has 0 saturated carbocycles. The van der Waals surface area contributed by atoms with Crippen LogP contribution in [0.3, 0.4) is 0 Å². The highest BCUT2D eigenvalue weighted by Gasteiger charge is 2.26. The van der Waals surface area contributed by atoms with Crippen LogP contribution in [0.1, 0.15) is 52.9 Å². The average Bonchev–Trinajstić information content (AvgIpc) is 2.87. The van der Waals surface area contributed by atoms with Gasteiger partial charge >= 0.3 is 5.97 Å². The van der Waals surface area contributed by atoms with Crippen molar-refractivity contribution in [3.8, 4) is 5.75 Å². The van der Waals surface area contributed by atoms with Crippen LogP contribution in [-0.4, -0.2) is 29.7 Å². The second-order valence-electron chi connectivity index (χ2n) is 5.81. The zero-order valence-corrected chi connectivity index (χ0v) is 16.0. The van der Waals surface area contributed by atoms with Crippen molar-refractivity contribution in [2.45, 2.75) is 41.2 Å². The molecule has 0 bridgehead atoms. The normalized spacial score (nSPS) is 10.5. The summed E-state index contributed by atoms with van der Waals surface area (Å²) in [7, 11) is 0. The summed E-state index contributed by atoms with van der Waals surface area (Å²) in [4.78, 5) is 25.1. The van der Waals surface area contributed by atoms with Crippen LogP contribution in [0.25, 0.3) is 0 Å². The number of ether oxygens (including phenoxy) is 2. The van der Waals surface area contributed by atoms with Gasteiger partial charge in [-0.15, -0.1) is 0 Å². The van der Waals surface area contributed by atoms with Gasteiger partial charge in [-0.3, -0.25) is 4.79 Å². The maximum Gasteiger partial charge on any atom is 0.355 e. The Kier molecular flexibility index (Phi) is 6.44. The molecule has 0 spiro atoms. The maximum atomic E-state index is 12.8. The molecule has 0 aliphatic rings. The van der Waals surface area contributed by atoms with E-state index in [1.165, 1.54) is 0 Å². The summed E-state index contributed by atoms with van der Waals surface area (Å²) in [5.74, 6) is 0.0940. The fourth-order valence-electron chi connectivity index (χ4n) is 3.08. The zero-order chi connectivity index (χ0) is 19.3. The van der Waals surface area contributed by atoms with Crippen molar-refractivity contribution in [3.63, 3.8) is 0 Å². The molecular formula is C20H26N2O4. The van der Waals surface area contributed by atoms with Crippen molar-refractivity contribution in [1.82, 2.24) is 4.57 Å². The molecule has 26 heavy (non-hydrogen) atoms. The zero-order valence-electron chi connectivity index (χ0n) is 16.0. The third-order valence-electron chi connectivity index (χ3n) is 4.20. The number of nitrogens with one attached hydrogen (secondary N) is 1. The molecule has 140 valence electrons. The van der Waals surface area contributed by atoms with Gasteiger partial charge in [-0.05, 0) is 64.4 Å². The van der Waals surface area contributed by atoms with Crippen molar-refractivity contribution in [2.24, 2.45) is 0 Å². The third kappa shape index (κ3) is 3.90. The van der Waals surface area contributed by atoms with Crippen LogP contribution in [0.4, 0.5) is 5.69 Å². The first-order valence-electron chi connectivity index (χ1n) is 8.85. The Hall–Kier alpha value is -2.76. The maximum absolute atomic E-state index is 12.8. The predicted octanol–water partition coefficient (Wildman–Crippen LogP) is 3.95. The number of esters is 1. The van der Waals surface area contributed by atoms with Crippen LogP contribution in [0.2, 0.25) is 0 Å². The molecule has 1 aromatic carbocycles. The lowest BCUT2D eigenvalue weighted by molar-refractivity contribution is 0.0512. The summed E-state index contributed by atoms with van der Waals surface area (Å²) in [6.45, 7) is 10.7. The van der Waals surface area contributed by atoms with Gasteiger partial charge in [0.1, 0.15) is 11.4 Å². The average molecular weight is 358 g/mol. The van der Waals surface area contributed by atoms with Gasteiger partial charge in [0.25, 0.3) is 5.91 Å². The second kappa shape index (κ2) is 8.56. The number of benzene rings is 1. The minimum absolute atomic E-state index is 0.248. The van der Waals surface area contributed by atoms with Crippen LogP contribution in [-0.2, 0) is 11.3 Å². The Balaban J connectivity index is 2.32. The Morgan fingerprint density at radius 3 is 2.23 bits per heavy atom. The highest BCUT2D eigenvalue weighted by Crippen LogP contribution is 2.25. The summed E-state index contributed by atoms with van der Waals surface area (Å²) >= 11 is 0. The number of carbonyl (C=O) groups is 2. The van der Waals surface area contributed by atoms with E-state index < -0.39 is 5.97 Å². The van der Waals surface area contributed by atoms with Gasteiger partial charge in [0, 0.05) is 17.9 Å². The van der Waals surface area contributed by atoms with E-state index in [0.717, 1.165) is 11.4 Å². The van der Waals surface area contributed by atoms with Crippen molar-refractivity contribution in [1.29, 1.82) is 0 Å². The number of hydrogen-bond acceptors (Lipinski definition) is 4. The van der Waals surface area contributed by atoms with Gasteiger partial charge < -0.3 is 19.4 Å². The molecule has 0 atom stereocenters. The van der Waals surface area contributed by atoms with E-state index in [0.29, 0.717) is 42.3 Å². The molecular weight excluding hydrogens is 332 g/mol. The van der Waals surface area contributed by atoms with Crippen molar-refractivity contribution >= 4 is 17.6 Å². The highest BCUT2D eigenvalue weighted by atomic mass is 16.5. The number of hydrogen-bond donors (Lipinski definition) is 1. The third-order valence-corrected chi connectivity index (χ3v) is 4.20. The molecule has 6 nitrogen and oxygen atoms in total. The van der Waals surface area contributed by atoms with Crippen molar-refractivity contribution in [3.05, 3.63) is 46.8 Å². The number of carbonyl (C=O) groups excluding carboxylic acids is 2. The topological polar surface area (TPSA) is 69.6 Å². The van der Waals surface area contributed by atoms with E-state index in [-0.39, 0.29) is 5.91 Å². The Bertz CT molecular complexity index is 791. The molecule has 1 aromatic heterocycles. The van der Waals surface area contributed by atoms with Crippen LogP contribution in [0, 0.1) is 13.8 Å². The first kappa shape index (κ1) is 19.6. The lowest BCUT2D eigenvalue weighted by Crippen LogP contribution is -2.14. The molecule has 0 saturated heterocycles. The Labute approximate surface area is 154 Å². The number of anilines is 1. The summed E-state index contributed by atoms with van der Waals surface area (Å²) in [6, 6.07) is 7.19. The minimum atomic E-state index is -0.407. The first-order chi connectivity index (χ1) is 12.4. The molecule has 2 aromatic rings. The van der Waals surface area contributed by atoms with Crippen LogP contribution < -0.4 is 10.1 Å². The second-order valence-corrected chi connectivity index (χ2v) is 5.81. The predicted molar refractivity (Wildman–Crippen MR) is 101 cm³/mol. The number of rotatable bonds is 7.